The molecule has 2 aromatic carbocycles. The molecule has 0 amide bonds. The molecular formula is C24H23ClN4O. The van der Waals surface area contributed by atoms with E-state index in [0.29, 0.717) is 18.2 Å². The van der Waals surface area contributed by atoms with Crippen molar-refractivity contribution in [1.29, 1.82) is 0 Å². The lowest BCUT2D eigenvalue weighted by Gasteiger charge is -2.16. The van der Waals surface area contributed by atoms with E-state index in [1.807, 2.05) is 18.3 Å². The van der Waals surface area contributed by atoms with E-state index in [2.05, 4.69) is 47.0 Å². The molecule has 0 aliphatic heterocycles. The molecule has 0 aliphatic rings. The summed E-state index contributed by atoms with van der Waals surface area (Å²) in [6, 6.07) is 10.3. The van der Waals surface area contributed by atoms with E-state index >= 15 is 0 Å². The maximum atomic E-state index is 6.56. The van der Waals surface area contributed by atoms with Crippen LogP contribution in [0, 0.1) is 13.8 Å². The van der Waals surface area contributed by atoms with Gasteiger partial charge in [0.15, 0.2) is 0 Å². The van der Waals surface area contributed by atoms with E-state index < -0.39 is 0 Å². The fourth-order valence-corrected chi connectivity index (χ4v) is 3.86. The Bertz CT molecular complexity index is 1170. The minimum Gasteiger partial charge on any atom is -0.492 e. The van der Waals surface area contributed by atoms with Crippen LogP contribution >= 0.6 is 11.6 Å². The largest absolute Gasteiger partial charge is 0.492 e. The number of hydrogen-bond donors (Lipinski definition) is 1. The smallest absolute Gasteiger partial charge is 0.138 e. The first-order chi connectivity index (χ1) is 14.6. The predicted molar refractivity (Wildman–Crippen MR) is 122 cm³/mol. The fraction of sp³-hybridized carbons (Fsp3) is 0.208. The number of pyridine rings is 1. The first-order valence-corrected chi connectivity index (χ1v) is 10.2. The second-order valence-corrected chi connectivity index (χ2v) is 7.75. The number of rotatable bonds is 6. The molecular weight excluding hydrogens is 396 g/mol. The SMILES string of the molecule is Cc1cc(C)cc(-c2cnc3cc(Cl)c(-c4cncnc4)cc3c2OCCCN)c1. The Hall–Kier alpha value is -3.02. The average Bonchev–Trinajstić information content (AvgIpc) is 2.73. The number of ether oxygens (including phenoxy) is 1. The highest BCUT2D eigenvalue weighted by Crippen LogP contribution is 2.40. The topological polar surface area (TPSA) is 73.9 Å². The molecule has 30 heavy (non-hydrogen) atoms. The molecule has 6 heteroatoms. The van der Waals surface area contributed by atoms with Crippen LogP contribution in [0.5, 0.6) is 5.75 Å². The lowest BCUT2D eigenvalue weighted by atomic mass is 9.98. The molecule has 2 heterocycles. The van der Waals surface area contributed by atoms with Gasteiger partial charge in [0.1, 0.15) is 12.1 Å². The number of hydrogen-bond acceptors (Lipinski definition) is 5. The van der Waals surface area contributed by atoms with Gasteiger partial charge in [0.05, 0.1) is 17.1 Å². The maximum absolute atomic E-state index is 6.56. The molecule has 4 rings (SSSR count). The number of nitrogens with zero attached hydrogens (tertiary/aromatic N) is 3. The summed E-state index contributed by atoms with van der Waals surface area (Å²) in [5, 5.41) is 1.49. The van der Waals surface area contributed by atoms with Crippen molar-refractivity contribution in [1.82, 2.24) is 15.0 Å². The number of aryl methyl sites for hydroxylation is 2. The van der Waals surface area contributed by atoms with Crippen molar-refractivity contribution in [2.24, 2.45) is 5.73 Å². The van der Waals surface area contributed by atoms with Gasteiger partial charge in [-0.25, -0.2) is 9.97 Å². The third-order valence-corrected chi connectivity index (χ3v) is 5.22. The van der Waals surface area contributed by atoms with Crippen molar-refractivity contribution in [3.8, 4) is 28.0 Å². The van der Waals surface area contributed by atoms with E-state index in [0.717, 1.165) is 45.3 Å². The van der Waals surface area contributed by atoms with Gasteiger partial charge in [-0.2, -0.15) is 0 Å². The van der Waals surface area contributed by atoms with Gasteiger partial charge < -0.3 is 10.5 Å². The number of benzene rings is 2. The molecule has 2 aromatic heterocycles. The highest BCUT2D eigenvalue weighted by molar-refractivity contribution is 6.34. The van der Waals surface area contributed by atoms with E-state index in [1.165, 1.54) is 17.5 Å². The molecule has 2 N–H and O–H groups in total. The highest BCUT2D eigenvalue weighted by atomic mass is 35.5. The van der Waals surface area contributed by atoms with E-state index in [4.69, 9.17) is 22.1 Å². The van der Waals surface area contributed by atoms with Crippen LogP contribution in [0.3, 0.4) is 0 Å². The number of nitrogens with two attached hydrogens (primary N) is 1. The molecule has 152 valence electrons. The zero-order valence-corrected chi connectivity index (χ0v) is 17.8. The molecule has 0 radical (unpaired) electrons. The van der Waals surface area contributed by atoms with Gasteiger partial charge in [0.2, 0.25) is 0 Å². The van der Waals surface area contributed by atoms with Crippen molar-refractivity contribution in [2.45, 2.75) is 20.3 Å². The quantitative estimate of drug-likeness (QED) is 0.427. The molecule has 4 aromatic rings. The van der Waals surface area contributed by atoms with E-state index in [-0.39, 0.29) is 0 Å². The maximum Gasteiger partial charge on any atom is 0.138 e. The van der Waals surface area contributed by atoms with E-state index in [9.17, 15) is 0 Å². The Morgan fingerprint density at radius 3 is 2.33 bits per heavy atom. The summed E-state index contributed by atoms with van der Waals surface area (Å²) in [4.78, 5) is 12.9. The number of halogens is 1. The van der Waals surface area contributed by atoms with Gasteiger partial charge in [0.25, 0.3) is 0 Å². The third kappa shape index (κ3) is 4.13. The Balaban J connectivity index is 1.95. The molecule has 0 fully saturated rings. The van der Waals surface area contributed by atoms with Crippen LogP contribution in [0.2, 0.25) is 5.02 Å². The lowest BCUT2D eigenvalue weighted by Crippen LogP contribution is -2.07. The summed E-state index contributed by atoms with van der Waals surface area (Å²) in [5.41, 5.74) is 12.6. The minimum absolute atomic E-state index is 0.528. The van der Waals surface area contributed by atoms with Gasteiger partial charge in [-0.3, -0.25) is 4.98 Å². The highest BCUT2D eigenvalue weighted by Gasteiger charge is 2.16. The van der Waals surface area contributed by atoms with Gasteiger partial charge in [-0.1, -0.05) is 40.9 Å². The van der Waals surface area contributed by atoms with Crippen molar-refractivity contribution in [3.05, 3.63) is 71.4 Å². The summed E-state index contributed by atoms with van der Waals surface area (Å²) in [7, 11) is 0. The zero-order chi connectivity index (χ0) is 21.1. The number of fused-ring (bicyclic) bond motifs is 1. The molecule has 0 aliphatic carbocycles. The summed E-state index contributed by atoms with van der Waals surface area (Å²) in [6.07, 6.45) is 7.62. The summed E-state index contributed by atoms with van der Waals surface area (Å²) >= 11 is 6.56. The average molecular weight is 419 g/mol. The lowest BCUT2D eigenvalue weighted by molar-refractivity contribution is 0.318. The van der Waals surface area contributed by atoms with Crippen LogP contribution in [0.25, 0.3) is 33.2 Å². The molecule has 0 atom stereocenters. The normalized spacial score (nSPS) is 11.1. The monoisotopic (exact) mass is 418 g/mol. The Morgan fingerprint density at radius 2 is 1.63 bits per heavy atom. The Kier molecular flexibility index (Phi) is 5.93. The van der Waals surface area contributed by atoms with Gasteiger partial charge in [-0.05, 0) is 44.5 Å². The first-order valence-electron chi connectivity index (χ1n) is 9.86. The van der Waals surface area contributed by atoms with Crippen LogP contribution in [0.1, 0.15) is 17.5 Å². The van der Waals surface area contributed by atoms with E-state index in [1.54, 1.807) is 12.4 Å². The molecule has 0 bridgehead atoms. The summed E-state index contributed by atoms with van der Waals surface area (Å²) in [6.45, 7) is 5.28. The van der Waals surface area contributed by atoms with Crippen molar-refractivity contribution in [2.75, 3.05) is 13.2 Å². The molecule has 0 spiro atoms. The fourth-order valence-electron chi connectivity index (χ4n) is 3.60. The van der Waals surface area contributed by atoms with Crippen LogP contribution in [0.15, 0.2) is 55.2 Å². The molecule has 0 saturated carbocycles. The molecule has 0 unspecified atom stereocenters. The standard InChI is InChI=1S/C24H23ClN4O/c1-15-6-16(2)8-17(7-15)21-13-29-23-10-22(25)19(18-11-27-14-28-12-18)9-20(23)24(21)30-5-3-4-26/h6-14H,3-5,26H2,1-2H3. The molecule has 5 nitrogen and oxygen atoms in total. The predicted octanol–water partition coefficient (Wildman–Crippen LogP) is 5.36. The van der Waals surface area contributed by atoms with Crippen molar-refractivity contribution in [3.63, 3.8) is 0 Å². The van der Waals surface area contributed by atoms with Gasteiger partial charge >= 0.3 is 0 Å². The van der Waals surface area contributed by atoms with Crippen LogP contribution in [0.4, 0.5) is 0 Å². The van der Waals surface area contributed by atoms with Crippen LogP contribution in [-0.4, -0.2) is 28.1 Å². The van der Waals surface area contributed by atoms with Crippen molar-refractivity contribution >= 4 is 22.5 Å². The third-order valence-electron chi connectivity index (χ3n) is 4.91. The summed E-state index contributed by atoms with van der Waals surface area (Å²) in [5.74, 6) is 0.785. The summed E-state index contributed by atoms with van der Waals surface area (Å²) < 4.78 is 6.26. The Morgan fingerprint density at radius 1 is 0.900 bits per heavy atom. The Labute approximate surface area is 180 Å². The van der Waals surface area contributed by atoms with Gasteiger partial charge in [-0.15, -0.1) is 0 Å². The first kappa shape index (κ1) is 20.3. The zero-order valence-electron chi connectivity index (χ0n) is 17.0. The van der Waals surface area contributed by atoms with Crippen LogP contribution in [-0.2, 0) is 0 Å². The van der Waals surface area contributed by atoms with Crippen molar-refractivity contribution < 1.29 is 4.74 Å². The second kappa shape index (κ2) is 8.78. The van der Waals surface area contributed by atoms with Gasteiger partial charge in [0, 0.05) is 40.7 Å². The molecule has 0 saturated heterocycles. The number of aromatic nitrogens is 3. The van der Waals surface area contributed by atoms with Crippen LogP contribution < -0.4 is 10.5 Å². The second-order valence-electron chi connectivity index (χ2n) is 7.34. The minimum atomic E-state index is 0.528.